The van der Waals surface area contributed by atoms with E-state index in [1.54, 1.807) is 38.1 Å². The first kappa shape index (κ1) is 22.0. The van der Waals surface area contributed by atoms with Crippen molar-refractivity contribution in [1.29, 1.82) is 0 Å². The van der Waals surface area contributed by atoms with E-state index in [0.29, 0.717) is 16.9 Å². The highest BCUT2D eigenvalue weighted by atomic mass is 19.1. The predicted molar refractivity (Wildman–Crippen MR) is 118 cm³/mol. The highest BCUT2D eigenvalue weighted by Gasteiger charge is 2.12. The van der Waals surface area contributed by atoms with Crippen molar-refractivity contribution < 1.29 is 23.5 Å². The Balaban J connectivity index is 1.75. The van der Waals surface area contributed by atoms with Crippen LogP contribution in [0, 0.1) is 11.7 Å². The van der Waals surface area contributed by atoms with E-state index < -0.39 is 11.8 Å². The molecule has 0 aliphatic heterocycles. The Bertz CT molecular complexity index is 1110. The highest BCUT2D eigenvalue weighted by Crippen LogP contribution is 2.29. The molecule has 0 saturated heterocycles. The second-order valence-electron chi connectivity index (χ2n) is 7.49. The Kier molecular flexibility index (Phi) is 6.65. The van der Waals surface area contributed by atoms with Crippen molar-refractivity contribution in [2.24, 2.45) is 5.92 Å². The first-order chi connectivity index (χ1) is 14.7. The molecule has 3 rings (SSSR count). The minimum absolute atomic E-state index is 0.129. The molecular formula is C26H23FO4. The summed E-state index contributed by atoms with van der Waals surface area (Å²) in [7, 11) is 0. The third-order valence-electron chi connectivity index (χ3n) is 4.57. The van der Waals surface area contributed by atoms with E-state index in [1.807, 2.05) is 36.4 Å². The fourth-order valence-electron chi connectivity index (χ4n) is 2.78. The summed E-state index contributed by atoms with van der Waals surface area (Å²) >= 11 is 0. The molecule has 0 bridgehead atoms. The lowest BCUT2D eigenvalue weighted by molar-refractivity contribution is -0.137. The van der Waals surface area contributed by atoms with E-state index in [9.17, 15) is 14.0 Å². The summed E-state index contributed by atoms with van der Waals surface area (Å²) in [4.78, 5) is 23.3. The fourth-order valence-corrected chi connectivity index (χ4v) is 2.78. The van der Waals surface area contributed by atoms with Crippen LogP contribution >= 0.6 is 0 Å². The van der Waals surface area contributed by atoms with Crippen LogP contribution in [0.25, 0.3) is 22.3 Å². The molecule has 0 radical (unpaired) electrons. The van der Waals surface area contributed by atoms with Crippen LogP contribution in [0.15, 0.2) is 78.9 Å². The zero-order chi connectivity index (χ0) is 22.5. The smallest absolute Gasteiger partial charge is 0.338 e. The average Bonchev–Trinajstić information content (AvgIpc) is 2.74. The number of hydrogen-bond donors (Lipinski definition) is 0. The standard InChI is InChI=1S/C26H23FO4/c1-16(2)25(28)30-21-11-9-19(10-12-21)18-5-7-20(8-6-18)23-14-13-22(15-24(23)27)31-26(29)17(3)4/h5-16H,3H2,1-2,4H3. The van der Waals surface area contributed by atoms with Gasteiger partial charge in [-0.05, 0) is 47.9 Å². The molecule has 0 aliphatic carbocycles. The summed E-state index contributed by atoms with van der Waals surface area (Å²) in [5.74, 6) is -0.935. The van der Waals surface area contributed by atoms with Gasteiger partial charge in [0.25, 0.3) is 0 Å². The molecule has 0 atom stereocenters. The summed E-state index contributed by atoms with van der Waals surface area (Å²) in [5, 5.41) is 0. The van der Waals surface area contributed by atoms with Crippen LogP contribution in [0.1, 0.15) is 20.8 Å². The van der Waals surface area contributed by atoms with Gasteiger partial charge < -0.3 is 9.47 Å². The molecule has 31 heavy (non-hydrogen) atoms. The first-order valence-electron chi connectivity index (χ1n) is 9.84. The minimum Gasteiger partial charge on any atom is -0.426 e. The van der Waals surface area contributed by atoms with E-state index >= 15 is 0 Å². The average molecular weight is 418 g/mol. The molecule has 0 aromatic heterocycles. The van der Waals surface area contributed by atoms with Crippen molar-refractivity contribution >= 4 is 11.9 Å². The number of rotatable bonds is 6. The summed E-state index contributed by atoms with van der Waals surface area (Å²) in [6.07, 6.45) is 0. The second kappa shape index (κ2) is 9.39. The lowest BCUT2D eigenvalue weighted by Gasteiger charge is -2.09. The highest BCUT2D eigenvalue weighted by molar-refractivity contribution is 5.88. The zero-order valence-corrected chi connectivity index (χ0v) is 17.6. The Morgan fingerprint density at radius 2 is 1.32 bits per heavy atom. The molecule has 3 aromatic rings. The number of esters is 2. The van der Waals surface area contributed by atoms with Crippen molar-refractivity contribution in [3.63, 3.8) is 0 Å². The molecule has 3 aromatic carbocycles. The lowest BCUT2D eigenvalue weighted by atomic mass is 10.00. The van der Waals surface area contributed by atoms with Crippen LogP contribution in [0.3, 0.4) is 0 Å². The van der Waals surface area contributed by atoms with Gasteiger partial charge >= 0.3 is 11.9 Å². The molecule has 0 spiro atoms. The van der Waals surface area contributed by atoms with E-state index in [4.69, 9.17) is 9.47 Å². The van der Waals surface area contributed by atoms with Gasteiger partial charge in [0.2, 0.25) is 0 Å². The van der Waals surface area contributed by atoms with Crippen molar-refractivity contribution in [3.8, 4) is 33.8 Å². The van der Waals surface area contributed by atoms with Gasteiger partial charge in [-0.25, -0.2) is 9.18 Å². The maximum absolute atomic E-state index is 14.6. The van der Waals surface area contributed by atoms with Gasteiger partial charge in [0.1, 0.15) is 17.3 Å². The fraction of sp³-hybridized carbons (Fsp3) is 0.154. The van der Waals surface area contributed by atoms with Crippen LogP contribution < -0.4 is 9.47 Å². The molecule has 158 valence electrons. The number of carbonyl (C=O) groups is 2. The Morgan fingerprint density at radius 3 is 1.84 bits per heavy atom. The van der Waals surface area contributed by atoms with Crippen molar-refractivity contribution in [2.45, 2.75) is 20.8 Å². The van der Waals surface area contributed by atoms with Crippen molar-refractivity contribution in [1.82, 2.24) is 0 Å². The van der Waals surface area contributed by atoms with Crippen molar-refractivity contribution in [3.05, 3.63) is 84.7 Å². The quantitative estimate of drug-likeness (QED) is 0.272. The molecule has 0 N–H and O–H groups in total. The summed E-state index contributed by atoms with van der Waals surface area (Å²) in [6.45, 7) is 8.60. The largest absolute Gasteiger partial charge is 0.426 e. The first-order valence-corrected chi connectivity index (χ1v) is 9.84. The van der Waals surface area contributed by atoms with E-state index in [2.05, 4.69) is 6.58 Å². The number of carbonyl (C=O) groups excluding carboxylic acids is 2. The molecule has 0 aliphatic rings. The lowest BCUT2D eigenvalue weighted by Crippen LogP contribution is -2.14. The van der Waals surface area contributed by atoms with Gasteiger partial charge in [-0.2, -0.15) is 0 Å². The topological polar surface area (TPSA) is 52.6 Å². The third kappa shape index (κ3) is 5.45. The molecule has 0 amide bonds. The van der Waals surface area contributed by atoms with E-state index in [1.165, 1.54) is 13.0 Å². The summed E-state index contributed by atoms with van der Waals surface area (Å²) in [5.41, 5.74) is 3.22. The van der Waals surface area contributed by atoms with Gasteiger partial charge in [0.15, 0.2) is 0 Å². The summed E-state index contributed by atoms with van der Waals surface area (Å²) < 4.78 is 24.9. The second-order valence-corrected chi connectivity index (χ2v) is 7.49. The van der Waals surface area contributed by atoms with Gasteiger partial charge in [0.05, 0.1) is 5.92 Å². The van der Waals surface area contributed by atoms with Gasteiger partial charge in [-0.3, -0.25) is 4.79 Å². The van der Waals surface area contributed by atoms with E-state index in [0.717, 1.165) is 11.1 Å². The SMILES string of the molecule is C=C(C)C(=O)Oc1ccc(-c2ccc(-c3ccc(OC(=O)C(C)C)cc3)cc2)c(F)c1. The maximum atomic E-state index is 14.6. The van der Waals surface area contributed by atoms with Crippen LogP contribution in [-0.4, -0.2) is 11.9 Å². The molecule has 5 heteroatoms. The van der Waals surface area contributed by atoms with Crippen LogP contribution in [0.2, 0.25) is 0 Å². The van der Waals surface area contributed by atoms with E-state index in [-0.39, 0.29) is 23.2 Å². The van der Waals surface area contributed by atoms with Gasteiger partial charge in [-0.1, -0.05) is 56.8 Å². The molecular weight excluding hydrogens is 395 g/mol. The van der Waals surface area contributed by atoms with Crippen molar-refractivity contribution in [2.75, 3.05) is 0 Å². The van der Waals surface area contributed by atoms with Crippen LogP contribution in [0.4, 0.5) is 4.39 Å². The molecule has 0 saturated carbocycles. The molecule has 4 nitrogen and oxygen atoms in total. The van der Waals surface area contributed by atoms with Crippen LogP contribution in [-0.2, 0) is 9.59 Å². The maximum Gasteiger partial charge on any atom is 0.338 e. The molecule has 0 fully saturated rings. The van der Waals surface area contributed by atoms with Gasteiger partial charge in [0, 0.05) is 17.2 Å². The minimum atomic E-state index is -0.596. The Labute approximate surface area is 180 Å². The normalized spacial score (nSPS) is 10.6. The molecule has 0 unspecified atom stereocenters. The Hall–Kier alpha value is -3.73. The zero-order valence-electron chi connectivity index (χ0n) is 17.6. The number of hydrogen-bond acceptors (Lipinski definition) is 4. The monoisotopic (exact) mass is 418 g/mol. The van der Waals surface area contributed by atoms with Gasteiger partial charge in [-0.15, -0.1) is 0 Å². The van der Waals surface area contributed by atoms with Crippen LogP contribution in [0.5, 0.6) is 11.5 Å². The number of benzene rings is 3. The molecule has 0 heterocycles. The third-order valence-corrected chi connectivity index (χ3v) is 4.57. The number of halogens is 1. The summed E-state index contributed by atoms with van der Waals surface area (Å²) in [6, 6.07) is 18.9. The predicted octanol–water partition coefficient (Wildman–Crippen LogP) is 6.20. The number of ether oxygens (including phenoxy) is 2. The Morgan fingerprint density at radius 1 is 0.806 bits per heavy atom.